The van der Waals surface area contributed by atoms with Gasteiger partial charge in [-0.3, -0.25) is 0 Å². The summed E-state index contributed by atoms with van der Waals surface area (Å²) in [5, 5.41) is 11.3. The zero-order valence-corrected chi connectivity index (χ0v) is 19.4. The van der Waals surface area contributed by atoms with Gasteiger partial charge in [0.1, 0.15) is 11.6 Å². The maximum atomic E-state index is 5.78. The Morgan fingerprint density at radius 2 is 2.21 bits per heavy atom. The minimum atomic E-state index is 0. The summed E-state index contributed by atoms with van der Waals surface area (Å²) in [6, 6.07) is 4.09. The highest BCUT2D eigenvalue weighted by molar-refractivity contribution is 14.0. The summed E-state index contributed by atoms with van der Waals surface area (Å²) in [5.74, 6) is 4.01. The van der Waals surface area contributed by atoms with Crippen LogP contribution in [0.4, 0.5) is 0 Å². The van der Waals surface area contributed by atoms with E-state index in [0.717, 1.165) is 55.7 Å². The summed E-state index contributed by atoms with van der Waals surface area (Å²) < 4.78 is 7.79. The van der Waals surface area contributed by atoms with Gasteiger partial charge >= 0.3 is 0 Å². The molecule has 1 aliphatic heterocycles. The first kappa shape index (κ1) is 21.8. The number of halogens is 1. The first-order valence-corrected chi connectivity index (χ1v) is 10.2. The molecule has 2 aromatic rings. The molecule has 2 aliphatic rings. The SMILES string of the molecule is CCNC(=NCc1ccnc(OCC2CC2)c1)NC1CCCn2nc(C)nc21.I. The molecule has 9 heteroatoms. The molecule has 8 nitrogen and oxygen atoms in total. The molecule has 0 bridgehead atoms. The summed E-state index contributed by atoms with van der Waals surface area (Å²) in [4.78, 5) is 13.7. The quantitative estimate of drug-likeness (QED) is 0.338. The van der Waals surface area contributed by atoms with Crippen LogP contribution in [0, 0.1) is 12.8 Å². The van der Waals surface area contributed by atoms with Gasteiger partial charge in [-0.2, -0.15) is 5.10 Å². The van der Waals surface area contributed by atoms with Crippen molar-refractivity contribution in [3.63, 3.8) is 0 Å². The van der Waals surface area contributed by atoms with Crippen molar-refractivity contribution in [2.45, 2.75) is 58.7 Å². The Balaban J connectivity index is 0.00000240. The van der Waals surface area contributed by atoms with Gasteiger partial charge in [0.15, 0.2) is 5.96 Å². The molecule has 0 aromatic carbocycles. The van der Waals surface area contributed by atoms with Crippen molar-refractivity contribution in [1.29, 1.82) is 0 Å². The van der Waals surface area contributed by atoms with Crippen LogP contribution in [-0.2, 0) is 13.1 Å². The maximum absolute atomic E-state index is 5.78. The molecule has 1 unspecified atom stereocenters. The number of fused-ring (bicyclic) bond motifs is 1. The van der Waals surface area contributed by atoms with Crippen LogP contribution >= 0.6 is 24.0 Å². The standard InChI is InChI=1S/C20H29N7O.HI/c1-3-21-20(25-17-5-4-10-27-19(17)24-14(2)26-27)23-12-16-8-9-22-18(11-16)28-13-15-6-7-15;/h8-9,11,15,17H,3-7,10,12-13H2,1-2H3,(H2,21,23,25);1H. The van der Waals surface area contributed by atoms with Gasteiger partial charge < -0.3 is 15.4 Å². The number of nitrogens with one attached hydrogen (secondary N) is 2. The zero-order valence-electron chi connectivity index (χ0n) is 17.1. The Morgan fingerprint density at radius 3 is 3.00 bits per heavy atom. The van der Waals surface area contributed by atoms with Crippen molar-refractivity contribution < 1.29 is 4.74 Å². The van der Waals surface area contributed by atoms with Crippen LogP contribution < -0.4 is 15.4 Å². The zero-order chi connectivity index (χ0) is 19.3. The monoisotopic (exact) mass is 511 g/mol. The van der Waals surface area contributed by atoms with Crippen LogP contribution in [-0.4, -0.2) is 38.9 Å². The Hall–Kier alpha value is -1.91. The highest BCUT2D eigenvalue weighted by Gasteiger charge is 2.24. The molecule has 1 saturated carbocycles. The lowest BCUT2D eigenvalue weighted by Gasteiger charge is -2.25. The first-order valence-electron chi connectivity index (χ1n) is 10.2. The minimum absolute atomic E-state index is 0. The summed E-state index contributed by atoms with van der Waals surface area (Å²) in [6.45, 7) is 7.08. The number of nitrogens with zero attached hydrogens (tertiary/aromatic N) is 5. The number of hydrogen-bond acceptors (Lipinski definition) is 5. The van der Waals surface area contributed by atoms with E-state index in [4.69, 9.17) is 9.73 Å². The van der Waals surface area contributed by atoms with Crippen LogP contribution in [0.15, 0.2) is 23.3 Å². The Bertz CT molecular complexity index is 834. The van der Waals surface area contributed by atoms with Gasteiger partial charge in [-0.05, 0) is 57.1 Å². The molecule has 2 N–H and O–H groups in total. The molecule has 4 rings (SSSR count). The molecule has 158 valence electrons. The number of pyridine rings is 1. The second kappa shape index (κ2) is 10.2. The van der Waals surface area contributed by atoms with Crippen molar-refractivity contribution in [2.24, 2.45) is 10.9 Å². The Labute approximate surface area is 189 Å². The molecular formula is C20H30IN7O. The third-order valence-corrected chi connectivity index (χ3v) is 5.02. The summed E-state index contributed by atoms with van der Waals surface area (Å²) in [7, 11) is 0. The van der Waals surface area contributed by atoms with E-state index in [1.807, 2.05) is 23.7 Å². The number of guanidine groups is 1. The third kappa shape index (κ3) is 6.03. The van der Waals surface area contributed by atoms with Gasteiger partial charge in [0.25, 0.3) is 0 Å². The normalized spacial score (nSPS) is 18.6. The largest absolute Gasteiger partial charge is 0.477 e. The lowest BCUT2D eigenvalue weighted by Crippen LogP contribution is -2.41. The molecule has 1 fully saturated rings. The van der Waals surface area contributed by atoms with E-state index in [9.17, 15) is 0 Å². The van der Waals surface area contributed by atoms with Crippen molar-refractivity contribution in [2.75, 3.05) is 13.2 Å². The van der Waals surface area contributed by atoms with Crippen LogP contribution in [0.2, 0.25) is 0 Å². The van der Waals surface area contributed by atoms with E-state index in [1.165, 1.54) is 12.8 Å². The number of aromatic nitrogens is 4. The fraction of sp³-hybridized carbons (Fsp3) is 0.600. The number of rotatable bonds is 7. The molecule has 29 heavy (non-hydrogen) atoms. The van der Waals surface area contributed by atoms with E-state index in [0.29, 0.717) is 18.3 Å². The topological polar surface area (TPSA) is 89.3 Å². The molecular weight excluding hydrogens is 481 g/mol. The second-order valence-electron chi connectivity index (χ2n) is 7.53. The van der Waals surface area contributed by atoms with Gasteiger partial charge in [-0.25, -0.2) is 19.6 Å². The molecule has 1 atom stereocenters. The third-order valence-electron chi connectivity index (χ3n) is 5.02. The number of hydrogen-bond donors (Lipinski definition) is 2. The fourth-order valence-electron chi connectivity index (χ4n) is 3.38. The lowest BCUT2D eigenvalue weighted by molar-refractivity contribution is 0.288. The summed E-state index contributed by atoms with van der Waals surface area (Å²) in [6.07, 6.45) is 6.45. The Morgan fingerprint density at radius 1 is 1.34 bits per heavy atom. The van der Waals surface area contributed by atoms with E-state index >= 15 is 0 Å². The summed E-state index contributed by atoms with van der Waals surface area (Å²) >= 11 is 0. The van der Waals surface area contributed by atoms with Gasteiger partial charge in [0.05, 0.1) is 19.2 Å². The van der Waals surface area contributed by atoms with E-state index in [-0.39, 0.29) is 30.0 Å². The molecule has 0 saturated heterocycles. The second-order valence-corrected chi connectivity index (χ2v) is 7.53. The number of aryl methyl sites for hydroxylation is 2. The number of ether oxygens (including phenoxy) is 1. The summed E-state index contributed by atoms with van der Waals surface area (Å²) in [5.41, 5.74) is 1.08. The average molecular weight is 511 g/mol. The highest BCUT2D eigenvalue weighted by atomic mass is 127. The predicted molar refractivity (Wildman–Crippen MR) is 123 cm³/mol. The molecule has 2 aromatic heterocycles. The molecule has 0 amide bonds. The van der Waals surface area contributed by atoms with Crippen molar-refractivity contribution in [1.82, 2.24) is 30.4 Å². The average Bonchev–Trinajstić information content (AvgIpc) is 3.44. The van der Waals surface area contributed by atoms with Crippen molar-refractivity contribution >= 4 is 29.9 Å². The number of aliphatic imine (C=N–C) groups is 1. The molecule has 0 radical (unpaired) electrons. The molecule has 1 aliphatic carbocycles. The van der Waals surface area contributed by atoms with Gasteiger partial charge in [-0.15, -0.1) is 24.0 Å². The maximum Gasteiger partial charge on any atom is 0.213 e. The Kier molecular flexibility index (Phi) is 7.68. The van der Waals surface area contributed by atoms with Crippen LogP contribution in [0.1, 0.15) is 55.9 Å². The predicted octanol–water partition coefficient (Wildman–Crippen LogP) is 2.98. The first-order chi connectivity index (χ1) is 13.7. The van der Waals surface area contributed by atoms with Crippen LogP contribution in [0.5, 0.6) is 5.88 Å². The van der Waals surface area contributed by atoms with Crippen LogP contribution in [0.25, 0.3) is 0 Å². The fourth-order valence-corrected chi connectivity index (χ4v) is 3.38. The molecule has 3 heterocycles. The van der Waals surface area contributed by atoms with E-state index in [2.05, 4.69) is 32.6 Å². The molecule has 0 spiro atoms. The van der Waals surface area contributed by atoms with Crippen molar-refractivity contribution in [3.8, 4) is 5.88 Å². The smallest absolute Gasteiger partial charge is 0.213 e. The van der Waals surface area contributed by atoms with Gasteiger partial charge in [0, 0.05) is 25.4 Å². The van der Waals surface area contributed by atoms with Crippen molar-refractivity contribution in [3.05, 3.63) is 35.5 Å². The van der Waals surface area contributed by atoms with Gasteiger partial charge in [0.2, 0.25) is 5.88 Å². The van der Waals surface area contributed by atoms with E-state index in [1.54, 1.807) is 6.20 Å². The minimum Gasteiger partial charge on any atom is -0.477 e. The van der Waals surface area contributed by atoms with E-state index < -0.39 is 0 Å². The lowest BCUT2D eigenvalue weighted by atomic mass is 10.1. The highest BCUT2D eigenvalue weighted by Crippen LogP contribution is 2.29. The van der Waals surface area contributed by atoms with Gasteiger partial charge in [-0.1, -0.05) is 0 Å². The van der Waals surface area contributed by atoms with Crippen LogP contribution in [0.3, 0.4) is 0 Å².